The highest BCUT2D eigenvalue weighted by Crippen LogP contribution is 2.47. The summed E-state index contributed by atoms with van der Waals surface area (Å²) in [6, 6.07) is 17.2. The van der Waals surface area contributed by atoms with Gasteiger partial charge < -0.3 is 25.8 Å². The van der Waals surface area contributed by atoms with Crippen molar-refractivity contribution in [2.24, 2.45) is 0 Å². The molecule has 0 spiro atoms. The quantitative estimate of drug-likeness (QED) is 0.403. The van der Waals surface area contributed by atoms with Crippen LogP contribution < -0.4 is 25.8 Å². The van der Waals surface area contributed by atoms with Gasteiger partial charge in [0.1, 0.15) is 5.82 Å². The van der Waals surface area contributed by atoms with Crippen LogP contribution in [0.15, 0.2) is 54.9 Å². The van der Waals surface area contributed by atoms with E-state index in [1.165, 1.54) is 11.1 Å². The van der Waals surface area contributed by atoms with Crippen LogP contribution in [0.25, 0.3) is 0 Å². The zero-order valence-electron chi connectivity index (χ0n) is 20.0. The number of pyridine rings is 1. The number of hydrogen-bond acceptors (Lipinski definition) is 8. The minimum Gasteiger partial charge on any atom is -0.492 e. The monoisotopic (exact) mass is 501 g/mol. The first-order valence-electron chi connectivity index (χ1n) is 11.5. The fourth-order valence-corrected chi connectivity index (χ4v) is 4.89. The summed E-state index contributed by atoms with van der Waals surface area (Å²) in [4.78, 5) is 15.3. The first-order chi connectivity index (χ1) is 17.5. The summed E-state index contributed by atoms with van der Waals surface area (Å²) in [6.45, 7) is 0.732. The Labute approximate surface area is 214 Å². The van der Waals surface area contributed by atoms with Gasteiger partial charge in [0, 0.05) is 37.0 Å². The van der Waals surface area contributed by atoms with E-state index >= 15 is 0 Å². The first kappa shape index (κ1) is 23.7. The van der Waals surface area contributed by atoms with Crippen molar-refractivity contribution in [2.45, 2.75) is 18.9 Å². The van der Waals surface area contributed by atoms with Crippen LogP contribution >= 0.6 is 11.6 Å². The Bertz CT molecular complexity index is 1400. The SMILES string of the molecule is COc1[c]cc(Cc2cnc(N)nc2N)c(N2CCc3ccccc3C2c2ccc(Cl)cn2)c1OC. The van der Waals surface area contributed by atoms with Crippen LogP contribution in [0.2, 0.25) is 5.02 Å². The number of halogens is 1. The van der Waals surface area contributed by atoms with Crippen molar-refractivity contribution in [1.29, 1.82) is 0 Å². The Morgan fingerprint density at radius 2 is 1.89 bits per heavy atom. The number of nitrogens with two attached hydrogens (primary N) is 2. The molecule has 0 fully saturated rings. The lowest BCUT2D eigenvalue weighted by atomic mass is 9.88. The molecule has 8 nitrogen and oxygen atoms in total. The van der Waals surface area contributed by atoms with E-state index in [2.05, 4.69) is 45.2 Å². The number of ether oxygens (including phenoxy) is 2. The van der Waals surface area contributed by atoms with Crippen LogP contribution in [0, 0.1) is 6.07 Å². The van der Waals surface area contributed by atoms with Crippen molar-refractivity contribution in [3.8, 4) is 11.5 Å². The summed E-state index contributed by atoms with van der Waals surface area (Å²) in [5, 5.41) is 0.586. The van der Waals surface area contributed by atoms with E-state index in [9.17, 15) is 0 Å². The van der Waals surface area contributed by atoms with E-state index in [0.717, 1.165) is 35.5 Å². The van der Waals surface area contributed by atoms with Crippen LogP contribution in [0.1, 0.15) is 34.0 Å². The molecule has 1 radical (unpaired) electrons. The second kappa shape index (κ2) is 9.91. The van der Waals surface area contributed by atoms with Crippen molar-refractivity contribution >= 4 is 29.1 Å². The molecule has 3 heterocycles. The number of anilines is 3. The molecule has 0 saturated heterocycles. The number of nitrogen functional groups attached to an aromatic ring is 2. The fraction of sp³-hybridized carbons (Fsp3) is 0.222. The number of nitrogens with zero attached hydrogens (tertiary/aromatic N) is 4. The Hall–Kier alpha value is -4.04. The molecule has 0 bridgehead atoms. The van der Waals surface area contributed by atoms with E-state index in [-0.39, 0.29) is 12.0 Å². The van der Waals surface area contributed by atoms with E-state index in [0.29, 0.717) is 28.8 Å². The number of benzene rings is 2. The average molecular weight is 502 g/mol. The lowest BCUT2D eigenvalue weighted by Gasteiger charge is -2.40. The topological polar surface area (TPSA) is 112 Å². The minimum absolute atomic E-state index is 0.136. The van der Waals surface area contributed by atoms with Gasteiger partial charge in [0.2, 0.25) is 5.95 Å². The molecule has 183 valence electrons. The lowest BCUT2D eigenvalue weighted by molar-refractivity contribution is 0.353. The van der Waals surface area contributed by atoms with Gasteiger partial charge in [0.15, 0.2) is 11.5 Å². The Morgan fingerprint density at radius 1 is 1.06 bits per heavy atom. The van der Waals surface area contributed by atoms with Crippen LogP contribution in [-0.2, 0) is 12.8 Å². The summed E-state index contributed by atoms with van der Waals surface area (Å²) in [5.41, 5.74) is 17.8. The van der Waals surface area contributed by atoms with Gasteiger partial charge in [-0.15, -0.1) is 0 Å². The molecule has 1 unspecified atom stereocenters. The zero-order valence-corrected chi connectivity index (χ0v) is 20.8. The van der Waals surface area contributed by atoms with Gasteiger partial charge in [-0.1, -0.05) is 35.9 Å². The second-order valence-electron chi connectivity index (χ2n) is 8.49. The number of rotatable bonds is 6. The highest BCUT2D eigenvalue weighted by Gasteiger charge is 2.34. The van der Waals surface area contributed by atoms with Gasteiger partial charge in [-0.05, 0) is 41.3 Å². The molecule has 0 amide bonds. The third-order valence-electron chi connectivity index (χ3n) is 6.41. The van der Waals surface area contributed by atoms with Gasteiger partial charge in [0.25, 0.3) is 0 Å². The maximum Gasteiger partial charge on any atom is 0.221 e. The van der Waals surface area contributed by atoms with Gasteiger partial charge in [-0.25, -0.2) is 4.98 Å². The molecule has 0 aliphatic carbocycles. The third-order valence-corrected chi connectivity index (χ3v) is 6.63. The van der Waals surface area contributed by atoms with E-state index in [4.69, 9.17) is 37.5 Å². The first-order valence-corrected chi connectivity index (χ1v) is 11.9. The molecule has 2 aromatic heterocycles. The number of fused-ring (bicyclic) bond motifs is 1. The third kappa shape index (κ3) is 4.35. The normalized spacial score (nSPS) is 14.9. The van der Waals surface area contributed by atoms with Gasteiger partial charge >= 0.3 is 0 Å². The highest BCUT2D eigenvalue weighted by molar-refractivity contribution is 6.30. The highest BCUT2D eigenvalue weighted by atomic mass is 35.5. The summed E-state index contributed by atoms with van der Waals surface area (Å²) < 4.78 is 11.6. The number of aromatic nitrogens is 3. The smallest absolute Gasteiger partial charge is 0.221 e. The predicted molar refractivity (Wildman–Crippen MR) is 141 cm³/mol. The van der Waals surface area contributed by atoms with Crippen molar-refractivity contribution in [2.75, 3.05) is 37.1 Å². The van der Waals surface area contributed by atoms with Crippen LogP contribution in [0.3, 0.4) is 0 Å². The van der Waals surface area contributed by atoms with Crippen LogP contribution in [0.5, 0.6) is 11.5 Å². The van der Waals surface area contributed by atoms with E-state index in [1.54, 1.807) is 26.6 Å². The fourth-order valence-electron chi connectivity index (χ4n) is 4.78. The largest absolute Gasteiger partial charge is 0.492 e. The molecular weight excluding hydrogens is 476 g/mol. The van der Waals surface area contributed by atoms with Crippen molar-refractivity contribution in [3.63, 3.8) is 0 Å². The van der Waals surface area contributed by atoms with Crippen molar-refractivity contribution < 1.29 is 9.47 Å². The zero-order chi connectivity index (χ0) is 25.2. The summed E-state index contributed by atoms with van der Waals surface area (Å²) in [7, 11) is 3.24. The van der Waals surface area contributed by atoms with Crippen molar-refractivity contribution in [1.82, 2.24) is 15.0 Å². The molecule has 4 aromatic rings. The molecular formula is C27H26ClN6O2. The molecule has 2 aromatic carbocycles. The molecule has 9 heteroatoms. The van der Waals surface area contributed by atoms with E-state index in [1.807, 2.05) is 18.2 Å². The van der Waals surface area contributed by atoms with Gasteiger partial charge in [0.05, 0.1) is 36.7 Å². The van der Waals surface area contributed by atoms with Gasteiger partial charge in [-0.3, -0.25) is 4.98 Å². The number of methoxy groups -OCH3 is 2. The number of hydrogen-bond donors (Lipinski definition) is 2. The Kier molecular flexibility index (Phi) is 6.52. The van der Waals surface area contributed by atoms with Gasteiger partial charge in [-0.2, -0.15) is 4.98 Å². The van der Waals surface area contributed by atoms with E-state index < -0.39 is 0 Å². The Balaban J connectivity index is 1.71. The van der Waals surface area contributed by atoms with Crippen LogP contribution in [-0.4, -0.2) is 35.7 Å². The average Bonchev–Trinajstić information content (AvgIpc) is 2.90. The van der Waals surface area contributed by atoms with Crippen LogP contribution in [0.4, 0.5) is 17.5 Å². The maximum atomic E-state index is 6.19. The predicted octanol–water partition coefficient (Wildman–Crippen LogP) is 4.25. The summed E-state index contributed by atoms with van der Waals surface area (Å²) >= 11 is 6.18. The maximum absolute atomic E-state index is 6.19. The summed E-state index contributed by atoms with van der Waals surface area (Å²) in [6.07, 6.45) is 4.65. The molecule has 0 saturated carbocycles. The molecule has 4 N–H and O–H groups in total. The second-order valence-corrected chi connectivity index (χ2v) is 8.93. The van der Waals surface area contributed by atoms with Crippen molar-refractivity contribution in [3.05, 3.63) is 93.9 Å². The summed E-state index contributed by atoms with van der Waals surface area (Å²) in [5.74, 6) is 1.57. The Morgan fingerprint density at radius 3 is 2.61 bits per heavy atom. The molecule has 1 aliphatic rings. The lowest BCUT2D eigenvalue weighted by Crippen LogP contribution is -2.37. The molecule has 1 atom stereocenters. The molecule has 1 aliphatic heterocycles. The molecule has 36 heavy (non-hydrogen) atoms. The molecule has 5 rings (SSSR count). The standard InChI is InChI=1S/C27H26ClN6O2/c1-35-22-10-7-17(13-18-14-32-27(30)33-26(18)29)23(25(22)36-2)34-12-11-16-5-3-4-6-20(16)24(34)21-9-8-19(28)15-31-21/h3-9,14-15,24H,11-13H2,1-2H3,(H4,29,30,32,33). The minimum atomic E-state index is -0.174.